The third-order valence-corrected chi connectivity index (χ3v) is 5.01. The van der Waals surface area contributed by atoms with Crippen LogP contribution in [0.3, 0.4) is 0 Å². The molecule has 2 rings (SSSR count). The van der Waals surface area contributed by atoms with Gasteiger partial charge in [0.1, 0.15) is 0 Å². The summed E-state index contributed by atoms with van der Waals surface area (Å²) in [6, 6.07) is 9.31. The first-order valence-electron chi connectivity index (χ1n) is 8.16. The number of aryl methyl sites for hydroxylation is 1. The van der Waals surface area contributed by atoms with Gasteiger partial charge in [-0.25, -0.2) is 0 Å². The van der Waals surface area contributed by atoms with E-state index in [-0.39, 0.29) is 6.04 Å². The first-order chi connectivity index (χ1) is 9.61. The molecule has 1 saturated carbocycles. The third kappa shape index (κ3) is 3.83. The molecule has 2 nitrogen and oxygen atoms in total. The summed E-state index contributed by atoms with van der Waals surface area (Å²) in [6.45, 7) is 5.64. The molecule has 0 aromatic heterocycles. The number of likely N-dealkylation sites (N-methyl/N-ethyl adjacent to an activating group) is 1. The Morgan fingerprint density at radius 1 is 1.20 bits per heavy atom. The van der Waals surface area contributed by atoms with Gasteiger partial charge in [-0.15, -0.1) is 0 Å². The Bertz CT molecular complexity index is 392. The maximum atomic E-state index is 6.46. The Morgan fingerprint density at radius 3 is 2.35 bits per heavy atom. The van der Waals surface area contributed by atoms with Crippen LogP contribution in [0.5, 0.6) is 0 Å². The Balaban J connectivity index is 1.93. The van der Waals surface area contributed by atoms with Crippen LogP contribution in [0.2, 0.25) is 0 Å². The van der Waals surface area contributed by atoms with Crippen LogP contribution in [0, 0.1) is 5.92 Å². The quantitative estimate of drug-likeness (QED) is 0.856. The van der Waals surface area contributed by atoms with Gasteiger partial charge in [0.2, 0.25) is 0 Å². The Morgan fingerprint density at radius 2 is 1.80 bits per heavy atom. The SMILES string of the molecule is CCc1ccc(C(N)C(C)N(C)CC2CCCC2)cc1. The summed E-state index contributed by atoms with van der Waals surface area (Å²) in [7, 11) is 2.23. The summed E-state index contributed by atoms with van der Waals surface area (Å²) in [5.41, 5.74) is 9.10. The van der Waals surface area contributed by atoms with Crippen molar-refractivity contribution in [1.82, 2.24) is 4.90 Å². The highest BCUT2D eigenvalue weighted by Gasteiger charge is 2.23. The number of rotatable bonds is 6. The van der Waals surface area contributed by atoms with Gasteiger partial charge in [0.15, 0.2) is 0 Å². The first-order valence-corrected chi connectivity index (χ1v) is 8.16. The largest absolute Gasteiger partial charge is 0.323 e. The molecule has 2 unspecified atom stereocenters. The van der Waals surface area contributed by atoms with Gasteiger partial charge in [-0.2, -0.15) is 0 Å². The van der Waals surface area contributed by atoms with Crippen LogP contribution in [-0.2, 0) is 6.42 Å². The van der Waals surface area contributed by atoms with Crippen molar-refractivity contribution in [3.05, 3.63) is 35.4 Å². The van der Waals surface area contributed by atoms with Crippen LogP contribution in [0.25, 0.3) is 0 Å². The van der Waals surface area contributed by atoms with Gasteiger partial charge < -0.3 is 10.6 Å². The van der Waals surface area contributed by atoms with E-state index in [1.807, 2.05) is 0 Å². The molecular formula is C18H30N2. The third-order valence-electron chi connectivity index (χ3n) is 5.01. The predicted molar refractivity (Wildman–Crippen MR) is 86.8 cm³/mol. The van der Waals surface area contributed by atoms with Gasteiger partial charge in [0.05, 0.1) is 0 Å². The second-order valence-corrected chi connectivity index (χ2v) is 6.45. The van der Waals surface area contributed by atoms with E-state index in [1.54, 1.807) is 0 Å². The highest BCUT2D eigenvalue weighted by atomic mass is 15.1. The number of hydrogen-bond acceptors (Lipinski definition) is 2. The first kappa shape index (κ1) is 15.5. The predicted octanol–water partition coefficient (Wildman–Crippen LogP) is 3.76. The summed E-state index contributed by atoms with van der Waals surface area (Å²) >= 11 is 0. The zero-order chi connectivity index (χ0) is 14.5. The number of hydrogen-bond donors (Lipinski definition) is 1. The number of nitrogens with two attached hydrogens (primary N) is 1. The van der Waals surface area contributed by atoms with Gasteiger partial charge >= 0.3 is 0 Å². The standard InChI is InChI=1S/C18H30N2/c1-4-15-9-11-17(12-10-15)18(19)14(2)20(3)13-16-7-5-6-8-16/h9-12,14,16,18H,4-8,13,19H2,1-3H3. The zero-order valence-corrected chi connectivity index (χ0v) is 13.3. The monoisotopic (exact) mass is 274 g/mol. The molecule has 1 aliphatic carbocycles. The molecule has 2 N–H and O–H groups in total. The molecule has 1 aromatic carbocycles. The van der Waals surface area contributed by atoms with Gasteiger partial charge in [0.25, 0.3) is 0 Å². The van der Waals surface area contributed by atoms with Crippen molar-refractivity contribution >= 4 is 0 Å². The molecule has 2 heteroatoms. The van der Waals surface area contributed by atoms with Crippen molar-refractivity contribution in [2.45, 2.75) is 58.0 Å². The molecule has 0 saturated heterocycles. The second-order valence-electron chi connectivity index (χ2n) is 6.45. The topological polar surface area (TPSA) is 29.3 Å². The van der Waals surface area contributed by atoms with Gasteiger partial charge in [0, 0.05) is 18.6 Å². The van der Waals surface area contributed by atoms with Crippen LogP contribution >= 0.6 is 0 Å². The summed E-state index contributed by atoms with van der Waals surface area (Å²) in [6.07, 6.45) is 6.72. The van der Waals surface area contributed by atoms with Gasteiger partial charge in [-0.05, 0) is 50.3 Å². The minimum atomic E-state index is 0.104. The molecule has 1 aromatic rings. The van der Waals surface area contributed by atoms with E-state index < -0.39 is 0 Å². The van der Waals surface area contributed by atoms with E-state index >= 15 is 0 Å². The Kier molecular flexibility index (Phi) is 5.62. The van der Waals surface area contributed by atoms with E-state index in [0.29, 0.717) is 6.04 Å². The molecule has 0 amide bonds. The molecule has 20 heavy (non-hydrogen) atoms. The number of nitrogens with zero attached hydrogens (tertiary/aromatic N) is 1. The molecular weight excluding hydrogens is 244 g/mol. The lowest BCUT2D eigenvalue weighted by atomic mass is 9.97. The summed E-state index contributed by atoms with van der Waals surface area (Å²) in [4.78, 5) is 2.45. The average molecular weight is 274 g/mol. The highest BCUT2D eigenvalue weighted by molar-refractivity contribution is 5.25. The fourth-order valence-corrected chi connectivity index (χ4v) is 3.29. The number of benzene rings is 1. The lowest BCUT2D eigenvalue weighted by Gasteiger charge is -2.32. The summed E-state index contributed by atoms with van der Waals surface area (Å²) in [5, 5.41) is 0. The summed E-state index contributed by atoms with van der Waals surface area (Å²) in [5.74, 6) is 0.886. The normalized spacial score (nSPS) is 19.4. The minimum absolute atomic E-state index is 0.104. The van der Waals surface area contributed by atoms with Crippen molar-refractivity contribution < 1.29 is 0 Å². The lowest BCUT2D eigenvalue weighted by molar-refractivity contribution is 0.195. The fraction of sp³-hybridized carbons (Fsp3) is 0.667. The van der Waals surface area contributed by atoms with Crippen LogP contribution in [-0.4, -0.2) is 24.5 Å². The molecule has 0 aliphatic heterocycles. The molecule has 0 spiro atoms. The van der Waals surface area contributed by atoms with Crippen LogP contribution in [0.4, 0.5) is 0 Å². The molecule has 0 radical (unpaired) electrons. The summed E-state index contributed by atoms with van der Waals surface area (Å²) < 4.78 is 0. The Labute approximate surface area is 124 Å². The van der Waals surface area contributed by atoms with Crippen molar-refractivity contribution in [2.75, 3.05) is 13.6 Å². The van der Waals surface area contributed by atoms with E-state index in [1.165, 1.54) is 43.4 Å². The van der Waals surface area contributed by atoms with Crippen molar-refractivity contribution in [3.8, 4) is 0 Å². The zero-order valence-electron chi connectivity index (χ0n) is 13.3. The van der Waals surface area contributed by atoms with Crippen LogP contribution in [0.15, 0.2) is 24.3 Å². The smallest absolute Gasteiger partial charge is 0.0450 e. The molecule has 2 atom stereocenters. The average Bonchev–Trinajstić information content (AvgIpc) is 2.98. The molecule has 0 bridgehead atoms. The van der Waals surface area contributed by atoms with Crippen molar-refractivity contribution in [1.29, 1.82) is 0 Å². The van der Waals surface area contributed by atoms with Crippen molar-refractivity contribution in [2.24, 2.45) is 11.7 Å². The Hall–Kier alpha value is -0.860. The molecule has 1 fully saturated rings. The van der Waals surface area contributed by atoms with Crippen LogP contribution < -0.4 is 5.73 Å². The van der Waals surface area contributed by atoms with E-state index in [2.05, 4.69) is 50.1 Å². The van der Waals surface area contributed by atoms with Gasteiger partial charge in [-0.1, -0.05) is 44.0 Å². The van der Waals surface area contributed by atoms with E-state index in [0.717, 1.165) is 12.3 Å². The fourth-order valence-electron chi connectivity index (χ4n) is 3.29. The second kappa shape index (κ2) is 7.24. The molecule has 112 valence electrons. The highest BCUT2D eigenvalue weighted by Crippen LogP contribution is 2.27. The molecule has 0 heterocycles. The van der Waals surface area contributed by atoms with E-state index in [4.69, 9.17) is 5.73 Å². The maximum absolute atomic E-state index is 6.46. The van der Waals surface area contributed by atoms with Crippen molar-refractivity contribution in [3.63, 3.8) is 0 Å². The minimum Gasteiger partial charge on any atom is -0.323 e. The van der Waals surface area contributed by atoms with Crippen LogP contribution in [0.1, 0.15) is 56.7 Å². The molecule has 1 aliphatic rings. The van der Waals surface area contributed by atoms with Gasteiger partial charge in [-0.3, -0.25) is 0 Å². The lowest BCUT2D eigenvalue weighted by Crippen LogP contribution is -2.40. The maximum Gasteiger partial charge on any atom is 0.0450 e. The van der Waals surface area contributed by atoms with E-state index in [9.17, 15) is 0 Å².